The van der Waals surface area contributed by atoms with Crippen molar-refractivity contribution >= 4 is 0 Å². The van der Waals surface area contributed by atoms with Crippen LogP contribution in [0.3, 0.4) is 0 Å². The van der Waals surface area contributed by atoms with Crippen molar-refractivity contribution in [3.63, 3.8) is 0 Å². The Balaban J connectivity index is 2.25. The molecule has 3 nitrogen and oxygen atoms in total. The van der Waals surface area contributed by atoms with Crippen LogP contribution in [0.15, 0.2) is 0 Å². The highest BCUT2D eigenvalue weighted by molar-refractivity contribution is 4.77. The summed E-state index contributed by atoms with van der Waals surface area (Å²) >= 11 is 0. The zero-order valence-corrected chi connectivity index (χ0v) is 12.8. The summed E-state index contributed by atoms with van der Waals surface area (Å²) in [7, 11) is 1.81. The Morgan fingerprint density at radius 3 is 2.50 bits per heavy atom. The highest BCUT2D eigenvalue weighted by Gasteiger charge is 2.25. The molecule has 1 rings (SSSR count). The fourth-order valence-corrected chi connectivity index (χ4v) is 2.34. The number of hydrogen-bond acceptors (Lipinski definition) is 3. The van der Waals surface area contributed by atoms with E-state index in [1.54, 1.807) is 0 Å². The number of hydrogen-bond donors (Lipinski definition) is 1. The predicted molar refractivity (Wildman–Crippen MR) is 75.9 cm³/mol. The van der Waals surface area contributed by atoms with E-state index in [0.717, 1.165) is 19.6 Å². The Labute approximate surface area is 113 Å². The standard InChI is InChI=1S/C15H31NO2/c1-12(2)16-10-15(3,4)11-18-14-8-6-7-13(9-14)17-5/h12-14,16H,6-11H2,1-5H3. The molecule has 108 valence electrons. The first-order chi connectivity index (χ1) is 8.43. The van der Waals surface area contributed by atoms with Gasteiger partial charge in [-0.2, -0.15) is 0 Å². The second-order valence-corrected chi connectivity index (χ2v) is 6.66. The van der Waals surface area contributed by atoms with Crippen LogP contribution in [0, 0.1) is 5.41 Å². The van der Waals surface area contributed by atoms with E-state index in [1.165, 1.54) is 19.3 Å². The average Bonchev–Trinajstić information content (AvgIpc) is 2.35. The van der Waals surface area contributed by atoms with Gasteiger partial charge in [0.05, 0.1) is 18.8 Å². The molecule has 3 heteroatoms. The van der Waals surface area contributed by atoms with Gasteiger partial charge >= 0.3 is 0 Å². The molecule has 0 heterocycles. The van der Waals surface area contributed by atoms with Crippen LogP contribution in [0.5, 0.6) is 0 Å². The van der Waals surface area contributed by atoms with Crippen LogP contribution in [-0.2, 0) is 9.47 Å². The van der Waals surface area contributed by atoms with Crippen LogP contribution >= 0.6 is 0 Å². The van der Waals surface area contributed by atoms with Gasteiger partial charge in [0.15, 0.2) is 0 Å². The Hall–Kier alpha value is -0.120. The van der Waals surface area contributed by atoms with Crippen LogP contribution in [0.2, 0.25) is 0 Å². The Bertz CT molecular complexity index is 229. The van der Waals surface area contributed by atoms with Crippen LogP contribution in [0.1, 0.15) is 53.4 Å². The van der Waals surface area contributed by atoms with E-state index in [2.05, 4.69) is 33.0 Å². The summed E-state index contributed by atoms with van der Waals surface area (Å²) in [6.07, 6.45) is 5.46. The summed E-state index contributed by atoms with van der Waals surface area (Å²) < 4.78 is 11.5. The quantitative estimate of drug-likeness (QED) is 0.760. The monoisotopic (exact) mass is 257 g/mol. The van der Waals surface area contributed by atoms with Gasteiger partial charge in [0, 0.05) is 25.1 Å². The lowest BCUT2D eigenvalue weighted by atomic mass is 9.92. The van der Waals surface area contributed by atoms with Crippen molar-refractivity contribution in [2.45, 2.75) is 71.6 Å². The minimum absolute atomic E-state index is 0.199. The van der Waals surface area contributed by atoms with Gasteiger partial charge in [0.25, 0.3) is 0 Å². The molecule has 1 aliphatic carbocycles. The molecule has 0 aromatic rings. The van der Waals surface area contributed by atoms with Gasteiger partial charge in [-0.15, -0.1) is 0 Å². The van der Waals surface area contributed by atoms with E-state index in [0.29, 0.717) is 18.2 Å². The molecular weight excluding hydrogens is 226 g/mol. The first-order valence-electron chi connectivity index (χ1n) is 7.31. The van der Waals surface area contributed by atoms with Gasteiger partial charge < -0.3 is 14.8 Å². The number of rotatable bonds is 7. The van der Waals surface area contributed by atoms with Crippen molar-refractivity contribution < 1.29 is 9.47 Å². The molecule has 1 saturated carbocycles. The fraction of sp³-hybridized carbons (Fsp3) is 1.00. The normalized spacial score (nSPS) is 25.7. The Kier molecular flexibility index (Phi) is 6.61. The Morgan fingerprint density at radius 1 is 1.22 bits per heavy atom. The lowest BCUT2D eigenvalue weighted by molar-refractivity contribution is -0.0526. The van der Waals surface area contributed by atoms with E-state index in [9.17, 15) is 0 Å². The fourth-order valence-electron chi connectivity index (χ4n) is 2.34. The second-order valence-electron chi connectivity index (χ2n) is 6.66. The molecule has 0 saturated heterocycles. The van der Waals surface area contributed by atoms with Gasteiger partial charge in [-0.25, -0.2) is 0 Å². The van der Waals surface area contributed by atoms with Crippen LogP contribution in [-0.4, -0.2) is 38.5 Å². The first-order valence-corrected chi connectivity index (χ1v) is 7.31. The van der Waals surface area contributed by atoms with Crippen molar-refractivity contribution in [1.29, 1.82) is 0 Å². The summed E-state index contributed by atoms with van der Waals surface area (Å²) in [5.74, 6) is 0. The maximum Gasteiger partial charge on any atom is 0.0600 e. The molecule has 0 radical (unpaired) electrons. The maximum absolute atomic E-state index is 6.09. The molecule has 0 spiro atoms. The topological polar surface area (TPSA) is 30.5 Å². The third-order valence-corrected chi connectivity index (χ3v) is 3.61. The van der Waals surface area contributed by atoms with Crippen LogP contribution in [0.4, 0.5) is 0 Å². The minimum atomic E-state index is 0.199. The molecule has 2 atom stereocenters. The maximum atomic E-state index is 6.09. The first kappa shape index (κ1) is 15.9. The summed E-state index contributed by atoms with van der Waals surface area (Å²) in [4.78, 5) is 0. The van der Waals surface area contributed by atoms with E-state index in [4.69, 9.17) is 9.47 Å². The zero-order valence-electron chi connectivity index (χ0n) is 12.8. The molecule has 0 bridgehead atoms. The predicted octanol–water partition coefficient (Wildman–Crippen LogP) is 2.98. The van der Waals surface area contributed by atoms with E-state index < -0.39 is 0 Å². The van der Waals surface area contributed by atoms with Crippen LogP contribution < -0.4 is 5.32 Å². The largest absolute Gasteiger partial charge is 0.381 e. The van der Waals surface area contributed by atoms with Gasteiger partial charge in [-0.1, -0.05) is 27.7 Å². The number of methoxy groups -OCH3 is 1. The van der Waals surface area contributed by atoms with E-state index in [1.807, 2.05) is 7.11 Å². The molecule has 0 amide bonds. The molecule has 1 aliphatic rings. The SMILES string of the molecule is COC1CCCC(OCC(C)(C)CNC(C)C)C1. The highest BCUT2D eigenvalue weighted by atomic mass is 16.5. The molecule has 0 aliphatic heterocycles. The molecular formula is C15H31NO2. The molecule has 0 aromatic heterocycles. The van der Waals surface area contributed by atoms with Crippen molar-refractivity contribution in [3.05, 3.63) is 0 Å². The number of ether oxygens (including phenoxy) is 2. The smallest absolute Gasteiger partial charge is 0.0600 e. The van der Waals surface area contributed by atoms with Crippen molar-refractivity contribution in [2.24, 2.45) is 5.41 Å². The summed E-state index contributed by atoms with van der Waals surface area (Å²) in [5, 5.41) is 3.49. The van der Waals surface area contributed by atoms with Crippen molar-refractivity contribution in [1.82, 2.24) is 5.32 Å². The molecule has 1 fully saturated rings. The minimum Gasteiger partial charge on any atom is -0.381 e. The average molecular weight is 257 g/mol. The summed E-state index contributed by atoms with van der Waals surface area (Å²) in [6.45, 7) is 10.7. The van der Waals surface area contributed by atoms with Gasteiger partial charge in [0.2, 0.25) is 0 Å². The van der Waals surface area contributed by atoms with Gasteiger partial charge in [-0.3, -0.25) is 0 Å². The highest BCUT2D eigenvalue weighted by Crippen LogP contribution is 2.25. The molecule has 0 aromatic carbocycles. The zero-order chi connectivity index (χ0) is 13.6. The van der Waals surface area contributed by atoms with Crippen molar-refractivity contribution in [2.75, 3.05) is 20.3 Å². The van der Waals surface area contributed by atoms with E-state index >= 15 is 0 Å². The van der Waals surface area contributed by atoms with E-state index in [-0.39, 0.29) is 5.41 Å². The Morgan fingerprint density at radius 2 is 1.89 bits per heavy atom. The molecule has 1 N–H and O–H groups in total. The third-order valence-electron chi connectivity index (χ3n) is 3.61. The van der Waals surface area contributed by atoms with Gasteiger partial charge in [-0.05, 0) is 25.7 Å². The lowest BCUT2D eigenvalue weighted by Crippen LogP contribution is -2.38. The molecule has 18 heavy (non-hydrogen) atoms. The third kappa shape index (κ3) is 6.17. The molecule has 2 unspecified atom stereocenters. The van der Waals surface area contributed by atoms with Crippen LogP contribution in [0.25, 0.3) is 0 Å². The summed E-state index contributed by atoms with van der Waals surface area (Å²) in [5.41, 5.74) is 0.199. The van der Waals surface area contributed by atoms with Gasteiger partial charge in [0.1, 0.15) is 0 Å². The number of nitrogens with one attached hydrogen (secondary N) is 1. The second kappa shape index (κ2) is 7.46. The lowest BCUT2D eigenvalue weighted by Gasteiger charge is -2.32. The van der Waals surface area contributed by atoms with Crippen molar-refractivity contribution in [3.8, 4) is 0 Å². The summed E-state index contributed by atoms with van der Waals surface area (Å²) in [6, 6.07) is 0.539.